The minimum Gasteiger partial charge on any atom is -0.297 e. The van der Waals surface area contributed by atoms with Gasteiger partial charge in [-0.05, 0) is 17.7 Å². The van der Waals surface area contributed by atoms with Gasteiger partial charge in [0.2, 0.25) is 0 Å². The molecule has 0 N–H and O–H groups in total. The van der Waals surface area contributed by atoms with Gasteiger partial charge in [0, 0.05) is 50.4 Å². The second-order valence-corrected chi connectivity index (χ2v) is 6.27. The van der Waals surface area contributed by atoms with Crippen LogP contribution < -0.4 is 0 Å². The van der Waals surface area contributed by atoms with Crippen LogP contribution in [0, 0.1) is 10.1 Å². The summed E-state index contributed by atoms with van der Waals surface area (Å²) in [7, 11) is 0. The van der Waals surface area contributed by atoms with Gasteiger partial charge in [0.25, 0.3) is 5.69 Å². The third-order valence-corrected chi connectivity index (χ3v) is 4.48. The molecule has 3 rings (SSSR count). The zero-order chi connectivity index (χ0) is 17.6. The number of rotatable bonds is 6. The van der Waals surface area contributed by atoms with E-state index >= 15 is 0 Å². The van der Waals surface area contributed by atoms with Crippen molar-refractivity contribution in [3.63, 3.8) is 0 Å². The van der Waals surface area contributed by atoms with Crippen LogP contribution >= 0.6 is 0 Å². The molecule has 0 aliphatic carbocycles. The first-order chi connectivity index (χ1) is 12.1. The minimum absolute atomic E-state index is 0.00563. The van der Waals surface area contributed by atoms with Crippen molar-refractivity contribution in [1.29, 1.82) is 0 Å². The molecule has 1 fully saturated rings. The Bertz CT molecular complexity index is 723. The van der Waals surface area contributed by atoms with E-state index in [1.54, 1.807) is 0 Å². The lowest BCUT2D eigenvalue weighted by Crippen LogP contribution is -2.47. The van der Waals surface area contributed by atoms with Crippen LogP contribution in [0.3, 0.4) is 0 Å². The molecule has 0 amide bonds. The van der Waals surface area contributed by atoms with Crippen LogP contribution in [-0.2, 0) is 6.54 Å². The molecule has 6 nitrogen and oxygen atoms in total. The zero-order valence-corrected chi connectivity index (χ0v) is 14.0. The van der Waals surface area contributed by atoms with E-state index in [0.29, 0.717) is 12.1 Å². The molecule has 1 aliphatic heterocycles. The van der Waals surface area contributed by atoms with Crippen LogP contribution in [0.1, 0.15) is 15.9 Å². The maximum Gasteiger partial charge on any atom is 0.269 e. The van der Waals surface area contributed by atoms with Crippen molar-refractivity contribution in [2.45, 2.75) is 6.54 Å². The lowest BCUT2D eigenvalue weighted by molar-refractivity contribution is -0.384. The van der Waals surface area contributed by atoms with Crippen molar-refractivity contribution in [2.75, 3.05) is 32.7 Å². The quantitative estimate of drug-likeness (QED) is 0.460. The summed E-state index contributed by atoms with van der Waals surface area (Å²) in [5.74, 6) is 0.00593. The van der Waals surface area contributed by atoms with Gasteiger partial charge in [0.05, 0.1) is 11.5 Å². The molecule has 1 heterocycles. The molecule has 0 radical (unpaired) electrons. The standard InChI is InChI=1S/C19H21N3O3/c23-19(17-6-8-18(9-7-17)22(24)25)15-21-12-10-20(11-13-21)14-16-4-2-1-3-5-16/h1-9H,10-15H2. The van der Waals surface area contributed by atoms with Crippen LogP contribution in [-0.4, -0.2) is 53.2 Å². The predicted octanol–water partition coefficient (Wildman–Crippen LogP) is 2.60. The van der Waals surface area contributed by atoms with E-state index in [0.717, 1.165) is 32.7 Å². The van der Waals surface area contributed by atoms with Gasteiger partial charge < -0.3 is 0 Å². The van der Waals surface area contributed by atoms with Gasteiger partial charge in [0.15, 0.2) is 5.78 Å². The van der Waals surface area contributed by atoms with Crippen LogP contribution in [0.4, 0.5) is 5.69 Å². The van der Waals surface area contributed by atoms with Gasteiger partial charge in [-0.25, -0.2) is 0 Å². The molecule has 25 heavy (non-hydrogen) atoms. The van der Waals surface area contributed by atoms with Gasteiger partial charge in [-0.2, -0.15) is 0 Å². The molecule has 0 unspecified atom stereocenters. The van der Waals surface area contributed by atoms with Gasteiger partial charge in [-0.15, -0.1) is 0 Å². The second kappa shape index (κ2) is 8.00. The summed E-state index contributed by atoms with van der Waals surface area (Å²) in [5, 5.41) is 10.7. The summed E-state index contributed by atoms with van der Waals surface area (Å²) in [6.07, 6.45) is 0. The smallest absolute Gasteiger partial charge is 0.269 e. The number of nitro groups is 1. The Labute approximate surface area is 146 Å². The molecule has 2 aromatic rings. The third kappa shape index (κ3) is 4.71. The predicted molar refractivity (Wildman–Crippen MR) is 95.6 cm³/mol. The van der Waals surface area contributed by atoms with Crippen molar-refractivity contribution in [2.24, 2.45) is 0 Å². The molecule has 0 spiro atoms. The number of hydrogen-bond acceptors (Lipinski definition) is 5. The van der Waals surface area contributed by atoms with E-state index in [9.17, 15) is 14.9 Å². The summed E-state index contributed by atoms with van der Waals surface area (Å²) >= 11 is 0. The average molecular weight is 339 g/mol. The number of carbonyl (C=O) groups excluding carboxylic acids is 1. The number of benzene rings is 2. The zero-order valence-electron chi connectivity index (χ0n) is 14.0. The Morgan fingerprint density at radius 2 is 1.52 bits per heavy atom. The SMILES string of the molecule is O=C(CN1CCN(Cc2ccccc2)CC1)c1ccc([N+](=O)[O-])cc1. The number of nitro benzene ring substituents is 1. The Hall–Kier alpha value is -2.57. The van der Waals surface area contributed by atoms with E-state index in [1.807, 2.05) is 6.07 Å². The number of carbonyl (C=O) groups is 1. The van der Waals surface area contributed by atoms with E-state index in [2.05, 4.69) is 34.1 Å². The van der Waals surface area contributed by atoms with E-state index in [4.69, 9.17) is 0 Å². The number of piperazine rings is 1. The lowest BCUT2D eigenvalue weighted by atomic mass is 10.1. The summed E-state index contributed by atoms with van der Waals surface area (Å²) < 4.78 is 0. The molecule has 130 valence electrons. The highest BCUT2D eigenvalue weighted by Crippen LogP contribution is 2.14. The molecule has 2 aromatic carbocycles. The van der Waals surface area contributed by atoms with Crippen LogP contribution in [0.5, 0.6) is 0 Å². The van der Waals surface area contributed by atoms with Crippen LogP contribution in [0.2, 0.25) is 0 Å². The summed E-state index contributed by atoms with van der Waals surface area (Å²) in [6, 6.07) is 16.2. The Morgan fingerprint density at radius 3 is 2.12 bits per heavy atom. The van der Waals surface area contributed by atoms with Gasteiger partial charge in [-0.1, -0.05) is 30.3 Å². The molecular formula is C19H21N3O3. The number of hydrogen-bond donors (Lipinski definition) is 0. The monoisotopic (exact) mass is 339 g/mol. The first-order valence-corrected chi connectivity index (χ1v) is 8.38. The molecule has 0 atom stereocenters. The molecule has 0 bridgehead atoms. The van der Waals surface area contributed by atoms with E-state index in [1.165, 1.54) is 29.8 Å². The molecule has 6 heteroatoms. The van der Waals surface area contributed by atoms with Crippen molar-refractivity contribution in [1.82, 2.24) is 9.80 Å². The highest BCUT2D eigenvalue weighted by molar-refractivity contribution is 5.97. The Morgan fingerprint density at radius 1 is 0.920 bits per heavy atom. The fourth-order valence-electron chi connectivity index (χ4n) is 3.01. The van der Waals surface area contributed by atoms with Gasteiger partial charge >= 0.3 is 0 Å². The van der Waals surface area contributed by atoms with Crippen molar-refractivity contribution in [3.05, 3.63) is 75.8 Å². The fraction of sp³-hybridized carbons (Fsp3) is 0.316. The maximum atomic E-state index is 12.3. The van der Waals surface area contributed by atoms with E-state index in [-0.39, 0.29) is 11.5 Å². The molecule has 0 aromatic heterocycles. The first kappa shape index (κ1) is 17.3. The highest BCUT2D eigenvalue weighted by atomic mass is 16.6. The largest absolute Gasteiger partial charge is 0.297 e. The third-order valence-electron chi connectivity index (χ3n) is 4.48. The van der Waals surface area contributed by atoms with Crippen molar-refractivity contribution in [3.8, 4) is 0 Å². The molecule has 1 saturated heterocycles. The van der Waals surface area contributed by atoms with Gasteiger partial charge in [-0.3, -0.25) is 24.7 Å². The highest BCUT2D eigenvalue weighted by Gasteiger charge is 2.20. The lowest BCUT2D eigenvalue weighted by Gasteiger charge is -2.34. The molecule has 0 saturated carbocycles. The average Bonchev–Trinajstić information content (AvgIpc) is 2.64. The normalized spacial score (nSPS) is 15.8. The molecular weight excluding hydrogens is 318 g/mol. The van der Waals surface area contributed by atoms with Crippen LogP contribution in [0.25, 0.3) is 0 Å². The molecule has 1 aliphatic rings. The summed E-state index contributed by atoms with van der Waals surface area (Å²) in [6.45, 7) is 4.87. The number of nitrogens with zero attached hydrogens (tertiary/aromatic N) is 3. The number of ketones is 1. The van der Waals surface area contributed by atoms with E-state index < -0.39 is 4.92 Å². The minimum atomic E-state index is -0.458. The maximum absolute atomic E-state index is 12.3. The van der Waals surface area contributed by atoms with Crippen LogP contribution in [0.15, 0.2) is 54.6 Å². The Kier molecular flexibility index (Phi) is 5.53. The topological polar surface area (TPSA) is 66.7 Å². The van der Waals surface area contributed by atoms with Gasteiger partial charge in [0.1, 0.15) is 0 Å². The Balaban J connectivity index is 1.48. The second-order valence-electron chi connectivity index (χ2n) is 6.27. The summed E-state index contributed by atoms with van der Waals surface area (Å²) in [5.41, 5.74) is 1.83. The fourth-order valence-corrected chi connectivity index (χ4v) is 3.01. The van der Waals surface area contributed by atoms with Crippen molar-refractivity contribution >= 4 is 11.5 Å². The van der Waals surface area contributed by atoms with Crippen molar-refractivity contribution < 1.29 is 9.72 Å². The number of Topliss-reactive ketones (excluding diaryl/α,β-unsaturated/α-hetero) is 1. The number of non-ortho nitro benzene ring substituents is 1. The first-order valence-electron chi connectivity index (χ1n) is 8.38. The summed E-state index contributed by atoms with van der Waals surface area (Å²) in [4.78, 5) is 27.1.